The first kappa shape index (κ1) is 11.4. The van der Waals surface area contributed by atoms with Crippen molar-refractivity contribution in [2.45, 2.75) is 26.2 Å². The van der Waals surface area contributed by atoms with E-state index in [9.17, 15) is 5.11 Å². The summed E-state index contributed by atoms with van der Waals surface area (Å²) in [5.74, 6) is 1.06. The van der Waals surface area contributed by atoms with Crippen molar-refractivity contribution in [2.75, 3.05) is 24.6 Å². The van der Waals surface area contributed by atoms with Crippen LogP contribution in [-0.2, 0) is 0 Å². The first-order chi connectivity index (χ1) is 7.79. The molecular formula is C13H20N2O. The summed E-state index contributed by atoms with van der Waals surface area (Å²) in [5, 5.41) is 9.46. The van der Waals surface area contributed by atoms with Gasteiger partial charge >= 0.3 is 0 Å². The number of hydrogen-bond acceptors (Lipinski definition) is 3. The molecule has 1 aliphatic rings. The van der Waals surface area contributed by atoms with Crippen molar-refractivity contribution in [1.82, 2.24) is 4.98 Å². The van der Waals surface area contributed by atoms with Crippen LogP contribution in [0.15, 0.2) is 24.4 Å². The van der Waals surface area contributed by atoms with Gasteiger partial charge in [-0.2, -0.15) is 0 Å². The van der Waals surface area contributed by atoms with E-state index in [1.807, 2.05) is 18.3 Å². The van der Waals surface area contributed by atoms with Crippen LogP contribution in [-0.4, -0.2) is 29.8 Å². The Morgan fingerprint density at radius 2 is 2.12 bits per heavy atom. The fraction of sp³-hybridized carbons (Fsp3) is 0.615. The van der Waals surface area contributed by atoms with Crippen LogP contribution >= 0.6 is 0 Å². The van der Waals surface area contributed by atoms with Crippen LogP contribution in [0.3, 0.4) is 0 Å². The van der Waals surface area contributed by atoms with Gasteiger partial charge in [-0.15, -0.1) is 0 Å². The van der Waals surface area contributed by atoms with Crippen LogP contribution in [0.2, 0.25) is 0 Å². The highest BCUT2D eigenvalue weighted by molar-refractivity contribution is 5.38. The number of nitrogens with zero attached hydrogens (tertiary/aromatic N) is 2. The first-order valence-corrected chi connectivity index (χ1v) is 6.06. The fourth-order valence-electron chi connectivity index (χ4n) is 2.37. The van der Waals surface area contributed by atoms with Gasteiger partial charge in [0, 0.05) is 25.9 Å². The van der Waals surface area contributed by atoms with Crippen molar-refractivity contribution in [3.63, 3.8) is 0 Å². The maximum Gasteiger partial charge on any atom is 0.128 e. The molecule has 0 spiro atoms. The molecule has 1 aromatic heterocycles. The lowest BCUT2D eigenvalue weighted by molar-refractivity contribution is 0.0920. The van der Waals surface area contributed by atoms with Gasteiger partial charge in [0.05, 0.1) is 0 Å². The van der Waals surface area contributed by atoms with Crippen LogP contribution < -0.4 is 4.90 Å². The summed E-state index contributed by atoms with van der Waals surface area (Å²) in [6.45, 7) is 4.50. The zero-order valence-corrected chi connectivity index (χ0v) is 9.89. The van der Waals surface area contributed by atoms with Crippen molar-refractivity contribution in [2.24, 2.45) is 5.41 Å². The van der Waals surface area contributed by atoms with E-state index in [1.54, 1.807) is 0 Å². The van der Waals surface area contributed by atoms with Gasteiger partial charge in [0.15, 0.2) is 0 Å². The summed E-state index contributed by atoms with van der Waals surface area (Å²) >= 11 is 0. The molecule has 0 saturated carbocycles. The Hall–Kier alpha value is -1.09. The summed E-state index contributed by atoms with van der Waals surface area (Å²) in [5.41, 5.74) is 0.158. The van der Waals surface area contributed by atoms with Crippen molar-refractivity contribution in [1.29, 1.82) is 0 Å². The van der Waals surface area contributed by atoms with Crippen LogP contribution in [0.25, 0.3) is 0 Å². The third kappa shape index (κ3) is 2.19. The smallest absolute Gasteiger partial charge is 0.128 e. The Labute approximate surface area is 97.1 Å². The highest BCUT2D eigenvalue weighted by atomic mass is 16.3. The van der Waals surface area contributed by atoms with Gasteiger partial charge in [-0.3, -0.25) is 0 Å². The summed E-state index contributed by atoms with van der Waals surface area (Å²) in [6, 6.07) is 6.02. The molecule has 1 saturated heterocycles. The molecule has 0 radical (unpaired) electrons. The largest absolute Gasteiger partial charge is 0.396 e. The molecular weight excluding hydrogens is 200 g/mol. The topological polar surface area (TPSA) is 36.4 Å². The van der Waals surface area contributed by atoms with E-state index in [2.05, 4.69) is 22.9 Å². The molecule has 2 rings (SSSR count). The van der Waals surface area contributed by atoms with Crippen LogP contribution in [0.1, 0.15) is 26.2 Å². The maximum atomic E-state index is 9.46. The Morgan fingerprint density at radius 1 is 1.38 bits per heavy atom. The lowest BCUT2D eigenvalue weighted by atomic mass is 9.77. The summed E-state index contributed by atoms with van der Waals surface area (Å²) in [7, 11) is 0. The van der Waals surface area contributed by atoms with Crippen molar-refractivity contribution in [3.8, 4) is 0 Å². The van der Waals surface area contributed by atoms with Gasteiger partial charge in [0.25, 0.3) is 0 Å². The monoisotopic (exact) mass is 220 g/mol. The number of piperidine rings is 1. The molecule has 0 amide bonds. The Bertz CT molecular complexity index is 312. The molecule has 3 heteroatoms. The van der Waals surface area contributed by atoms with Gasteiger partial charge in [-0.25, -0.2) is 4.98 Å². The molecule has 88 valence electrons. The molecule has 0 aromatic carbocycles. The standard InChI is InChI=1S/C13H20N2O/c1-2-13(11-16)6-9-15(10-7-13)12-5-3-4-8-14-12/h3-5,8,16H,2,6-7,9-11H2,1H3. The van der Waals surface area contributed by atoms with Crippen LogP contribution in [0.4, 0.5) is 5.82 Å². The number of aliphatic hydroxyl groups is 1. The highest BCUT2D eigenvalue weighted by Gasteiger charge is 2.32. The van der Waals surface area contributed by atoms with Gasteiger partial charge in [-0.05, 0) is 36.8 Å². The Kier molecular flexibility index (Phi) is 3.44. The quantitative estimate of drug-likeness (QED) is 0.847. The third-order valence-corrected chi connectivity index (χ3v) is 3.88. The zero-order valence-electron chi connectivity index (χ0n) is 9.89. The fourth-order valence-corrected chi connectivity index (χ4v) is 2.37. The van der Waals surface area contributed by atoms with E-state index < -0.39 is 0 Å². The highest BCUT2D eigenvalue weighted by Crippen LogP contribution is 2.35. The third-order valence-electron chi connectivity index (χ3n) is 3.88. The molecule has 0 atom stereocenters. The first-order valence-electron chi connectivity index (χ1n) is 6.06. The van der Waals surface area contributed by atoms with E-state index in [0.29, 0.717) is 6.61 Å². The van der Waals surface area contributed by atoms with Gasteiger partial charge in [-0.1, -0.05) is 13.0 Å². The summed E-state index contributed by atoms with van der Waals surface area (Å²) < 4.78 is 0. The van der Waals surface area contributed by atoms with Gasteiger partial charge in [0.1, 0.15) is 5.82 Å². The molecule has 1 aliphatic heterocycles. The predicted molar refractivity (Wildman–Crippen MR) is 65.5 cm³/mol. The number of aromatic nitrogens is 1. The average molecular weight is 220 g/mol. The molecule has 1 N–H and O–H groups in total. The molecule has 2 heterocycles. The lowest BCUT2D eigenvalue weighted by Gasteiger charge is -2.40. The van der Waals surface area contributed by atoms with E-state index >= 15 is 0 Å². The number of pyridine rings is 1. The van der Waals surface area contributed by atoms with E-state index in [-0.39, 0.29) is 5.41 Å². The maximum absolute atomic E-state index is 9.46. The second-order valence-electron chi connectivity index (χ2n) is 4.69. The number of aliphatic hydroxyl groups excluding tert-OH is 1. The van der Waals surface area contributed by atoms with Crippen molar-refractivity contribution >= 4 is 5.82 Å². The van der Waals surface area contributed by atoms with Crippen molar-refractivity contribution < 1.29 is 5.11 Å². The molecule has 0 aliphatic carbocycles. The molecule has 0 unspecified atom stereocenters. The second-order valence-corrected chi connectivity index (χ2v) is 4.69. The Morgan fingerprint density at radius 3 is 2.62 bits per heavy atom. The molecule has 16 heavy (non-hydrogen) atoms. The predicted octanol–water partition coefficient (Wildman–Crippen LogP) is 2.07. The van der Waals surface area contributed by atoms with Crippen LogP contribution in [0, 0.1) is 5.41 Å². The number of rotatable bonds is 3. The van der Waals surface area contributed by atoms with Gasteiger partial charge < -0.3 is 10.0 Å². The normalized spacial score (nSPS) is 19.8. The number of hydrogen-bond donors (Lipinski definition) is 1. The SMILES string of the molecule is CCC1(CO)CCN(c2ccccn2)CC1. The van der Waals surface area contributed by atoms with Crippen molar-refractivity contribution in [3.05, 3.63) is 24.4 Å². The molecule has 0 bridgehead atoms. The minimum absolute atomic E-state index is 0.158. The lowest BCUT2D eigenvalue weighted by Crippen LogP contribution is -2.42. The second kappa shape index (κ2) is 4.83. The summed E-state index contributed by atoms with van der Waals surface area (Å²) in [4.78, 5) is 6.67. The minimum Gasteiger partial charge on any atom is -0.396 e. The van der Waals surface area contributed by atoms with Crippen LogP contribution in [0.5, 0.6) is 0 Å². The van der Waals surface area contributed by atoms with E-state index in [1.165, 1.54) is 0 Å². The molecule has 1 aromatic rings. The zero-order chi connectivity index (χ0) is 11.4. The number of anilines is 1. The Balaban J connectivity index is 2.00. The van der Waals surface area contributed by atoms with Gasteiger partial charge in [0.2, 0.25) is 0 Å². The summed E-state index contributed by atoms with van der Waals surface area (Å²) in [6.07, 6.45) is 5.04. The van der Waals surface area contributed by atoms with E-state index in [4.69, 9.17) is 0 Å². The molecule has 3 nitrogen and oxygen atoms in total. The molecule has 1 fully saturated rings. The minimum atomic E-state index is 0.158. The average Bonchev–Trinajstić information content (AvgIpc) is 2.40. The van der Waals surface area contributed by atoms with E-state index in [0.717, 1.165) is 38.2 Å².